The fourth-order valence-electron chi connectivity index (χ4n) is 2.78. The Kier molecular flexibility index (Phi) is 5.38. The fraction of sp³-hybridized carbons (Fsp3) is 0.353. The molecular formula is C17H18ClFN2O2S. The zero-order chi connectivity index (χ0) is 17.1. The Morgan fingerprint density at radius 1 is 1.25 bits per heavy atom. The molecule has 1 aromatic heterocycles. The van der Waals surface area contributed by atoms with Gasteiger partial charge in [0.1, 0.15) is 11.6 Å². The van der Waals surface area contributed by atoms with E-state index in [0.29, 0.717) is 18.8 Å². The van der Waals surface area contributed by atoms with Gasteiger partial charge in [-0.15, -0.1) is 11.3 Å². The van der Waals surface area contributed by atoms with E-state index in [1.54, 1.807) is 16.2 Å². The van der Waals surface area contributed by atoms with Crippen LogP contribution in [0, 0.1) is 5.82 Å². The van der Waals surface area contributed by atoms with Gasteiger partial charge in [0.05, 0.1) is 17.0 Å². The van der Waals surface area contributed by atoms with Crippen molar-refractivity contribution in [2.75, 3.05) is 33.3 Å². The van der Waals surface area contributed by atoms with Crippen molar-refractivity contribution in [3.63, 3.8) is 0 Å². The second-order valence-corrected chi connectivity index (χ2v) is 7.42. The van der Waals surface area contributed by atoms with E-state index < -0.39 is 5.82 Å². The molecule has 24 heavy (non-hydrogen) atoms. The van der Waals surface area contributed by atoms with Crippen LogP contribution in [0.2, 0.25) is 4.34 Å². The van der Waals surface area contributed by atoms with Crippen molar-refractivity contribution in [3.05, 3.63) is 50.9 Å². The van der Waals surface area contributed by atoms with Crippen molar-refractivity contribution < 1.29 is 13.9 Å². The van der Waals surface area contributed by atoms with Crippen LogP contribution >= 0.6 is 22.9 Å². The average molecular weight is 369 g/mol. The monoisotopic (exact) mass is 368 g/mol. The topological polar surface area (TPSA) is 32.8 Å². The maximum Gasteiger partial charge on any atom is 0.257 e. The highest BCUT2D eigenvalue weighted by atomic mass is 35.5. The first-order valence-electron chi connectivity index (χ1n) is 7.66. The van der Waals surface area contributed by atoms with Gasteiger partial charge in [-0.05, 0) is 30.3 Å². The third-order valence-electron chi connectivity index (χ3n) is 4.06. The van der Waals surface area contributed by atoms with E-state index in [1.807, 2.05) is 12.1 Å². The SMILES string of the molecule is COc1ccc(F)cc1C(=O)N1CCN(Cc2ccc(Cl)s2)CC1. The van der Waals surface area contributed by atoms with Crippen LogP contribution in [0.4, 0.5) is 4.39 Å². The normalized spacial score (nSPS) is 15.5. The van der Waals surface area contributed by atoms with Crippen LogP contribution < -0.4 is 4.74 Å². The van der Waals surface area contributed by atoms with Crippen molar-refractivity contribution in [1.82, 2.24) is 9.80 Å². The zero-order valence-corrected chi connectivity index (χ0v) is 14.9. The second-order valence-electron chi connectivity index (χ2n) is 5.62. The quantitative estimate of drug-likeness (QED) is 0.828. The minimum Gasteiger partial charge on any atom is -0.496 e. The highest BCUT2D eigenvalue weighted by Crippen LogP contribution is 2.24. The molecular weight excluding hydrogens is 351 g/mol. The van der Waals surface area contributed by atoms with Gasteiger partial charge in [-0.1, -0.05) is 11.6 Å². The molecule has 0 saturated carbocycles. The van der Waals surface area contributed by atoms with Crippen LogP contribution in [0.15, 0.2) is 30.3 Å². The molecule has 2 aromatic rings. The number of amides is 1. The van der Waals surface area contributed by atoms with Crippen LogP contribution in [-0.2, 0) is 6.54 Å². The van der Waals surface area contributed by atoms with Crippen LogP contribution in [0.5, 0.6) is 5.75 Å². The molecule has 1 amide bonds. The molecule has 1 aromatic carbocycles. The van der Waals surface area contributed by atoms with Gasteiger partial charge in [0.15, 0.2) is 0 Å². The molecule has 1 fully saturated rings. The van der Waals surface area contributed by atoms with Crippen molar-refractivity contribution in [2.24, 2.45) is 0 Å². The summed E-state index contributed by atoms with van der Waals surface area (Å²) in [5, 5.41) is 0. The number of rotatable bonds is 4. The Labute approximate surface area is 149 Å². The first kappa shape index (κ1) is 17.2. The van der Waals surface area contributed by atoms with Gasteiger partial charge in [-0.2, -0.15) is 0 Å². The molecule has 1 aliphatic heterocycles. The Morgan fingerprint density at radius 3 is 2.62 bits per heavy atom. The predicted octanol–water partition coefficient (Wildman–Crippen LogP) is 3.51. The smallest absolute Gasteiger partial charge is 0.257 e. The van der Waals surface area contributed by atoms with Crippen LogP contribution in [-0.4, -0.2) is 49.0 Å². The molecule has 1 saturated heterocycles. The summed E-state index contributed by atoms with van der Waals surface area (Å²) in [6.07, 6.45) is 0. The van der Waals surface area contributed by atoms with E-state index in [1.165, 1.54) is 30.2 Å². The number of nitrogens with zero attached hydrogens (tertiary/aromatic N) is 2. The molecule has 3 rings (SSSR count). The highest BCUT2D eigenvalue weighted by Gasteiger charge is 2.24. The maximum absolute atomic E-state index is 13.5. The van der Waals surface area contributed by atoms with Crippen molar-refractivity contribution in [3.8, 4) is 5.75 Å². The van der Waals surface area contributed by atoms with E-state index >= 15 is 0 Å². The number of carbonyl (C=O) groups excluding carboxylic acids is 1. The molecule has 0 aliphatic carbocycles. The number of halogens is 2. The standard InChI is InChI=1S/C17H18ClFN2O2S/c1-23-15-4-2-12(19)10-14(15)17(22)21-8-6-20(7-9-21)11-13-3-5-16(18)24-13/h2-5,10H,6-9,11H2,1H3. The molecule has 128 valence electrons. The van der Waals surface area contributed by atoms with Crippen LogP contribution in [0.1, 0.15) is 15.2 Å². The van der Waals surface area contributed by atoms with E-state index in [2.05, 4.69) is 4.90 Å². The van der Waals surface area contributed by atoms with Gasteiger partial charge in [0.2, 0.25) is 0 Å². The van der Waals surface area contributed by atoms with Gasteiger partial charge in [0.25, 0.3) is 5.91 Å². The molecule has 0 N–H and O–H groups in total. The molecule has 2 heterocycles. The average Bonchev–Trinajstić information content (AvgIpc) is 3.00. The van der Waals surface area contributed by atoms with E-state index in [9.17, 15) is 9.18 Å². The van der Waals surface area contributed by atoms with Crippen LogP contribution in [0.3, 0.4) is 0 Å². The number of methoxy groups -OCH3 is 1. The third kappa shape index (κ3) is 3.88. The summed E-state index contributed by atoms with van der Waals surface area (Å²) in [7, 11) is 1.48. The number of hydrogen-bond acceptors (Lipinski definition) is 4. The number of carbonyl (C=O) groups is 1. The molecule has 4 nitrogen and oxygen atoms in total. The van der Waals surface area contributed by atoms with Gasteiger partial charge in [-0.3, -0.25) is 9.69 Å². The summed E-state index contributed by atoms with van der Waals surface area (Å²) in [5.41, 5.74) is 0.274. The Hall–Kier alpha value is -1.63. The predicted molar refractivity (Wildman–Crippen MR) is 93.5 cm³/mol. The summed E-state index contributed by atoms with van der Waals surface area (Å²) in [6, 6.07) is 7.94. The molecule has 0 atom stereocenters. The number of benzene rings is 1. The molecule has 0 bridgehead atoms. The molecule has 1 aliphatic rings. The summed E-state index contributed by atoms with van der Waals surface area (Å²) in [6.45, 7) is 3.61. The van der Waals surface area contributed by atoms with Gasteiger partial charge < -0.3 is 9.64 Å². The molecule has 0 unspecified atom stereocenters. The lowest BCUT2D eigenvalue weighted by Gasteiger charge is -2.34. The third-order valence-corrected chi connectivity index (χ3v) is 5.28. The first-order chi connectivity index (χ1) is 11.6. The number of hydrogen-bond donors (Lipinski definition) is 0. The summed E-state index contributed by atoms with van der Waals surface area (Å²) >= 11 is 7.53. The minimum absolute atomic E-state index is 0.190. The Morgan fingerprint density at radius 2 is 2.00 bits per heavy atom. The van der Waals surface area contributed by atoms with Crippen molar-refractivity contribution in [1.29, 1.82) is 0 Å². The molecule has 0 spiro atoms. The fourth-order valence-corrected chi connectivity index (χ4v) is 3.91. The molecule has 7 heteroatoms. The van der Waals surface area contributed by atoms with E-state index in [0.717, 1.165) is 24.0 Å². The first-order valence-corrected chi connectivity index (χ1v) is 8.85. The molecule has 0 radical (unpaired) electrons. The lowest BCUT2D eigenvalue weighted by atomic mass is 10.1. The summed E-state index contributed by atoms with van der Waals surface area (Å²) < 4.78 is 19.4. The maximum atomic E-state index is 13.5. The van der Waals surface area contributed by atoms with Crippen molar-refractivity contribution >= 4 is 28.8 Å². The summed E-state index contributed by atoms with van der Waals surface area (Å²) in [5.74, 6) is -0.227. The second kappa shape index (κ2) is 7.51. The largest absolute Gasteiger partial charge is 0.496 e. The Balaban J connectivity index is 1.62. The van der Waals surface area contributed by atoms with Gasteiger partial charge in [0, 0.05) is 37.6 Å². The minimum atomic E-state index is -0.438. The van der Waals surface area contributed by atoms with Crippen molar-refractivity contribution in [2.45, 2.75) is 6.54 Å². The van der Waals surface area contributed by atoms with E-state index in [-0.39, 0.29) is 11.5 Å². The summed E-state index contributed by atoms with van der Waals surface area (Å²) in [4.78, 5) is 17.9. The lowest BCUT2D eigenvalue weighted by Crippen LogP contribution is -2.48. The van der Waals surface area contributed by atoms with Gasteiger partial charge in [-0.25, -0.2) is 4.39 Å². The highest BCUT2D eigenvalue weighted by molar-refractivity contribution is 7.16. The number of ether oxygens (including phenoxy) is 1. The van der Waals surface area contributed by atoms with Gasteiger partial charge >= 0.3 is 0 Å². The zero-order valence-electron chi connectivity index (χ0n) is 13.3. The number of thiophene rings is 1. The van der Waals surface area contributed by atoms with E-state index in [4.69, 9.17) is 16.3 Å². The van der Waals surface area contributed by atoms with Crippen LogP contribution in [0.25, 0.3) is 0 Å². The number of piperazine rings is 1. The lowest BCUT2D eigenvalue weighted by molar-refractivity contribution is 0.0626. The Bertz CT molecular complexity index is 729.